The monoisotopic (exact) mass is 302 g/mol. The number of anilines is 1. The van der Waals surface area contributed by atoms with Gasteiger partial charge in [0.1, 0.15) is 12.4 Å². The van der Waals surface area contributed by atoms with E-state index in [4.69, 9.17) is 4.74 Å². The summed E-state index contributed by atoms with van der Waals surface area (Å²) in [6.45, 7) is 1.06. The number of rotatable bonds is 2. The molecule has 1 saturated carbocycles. The summed E-state index contributed by atoms with van der Waals surface area (Å²) in [5.74, 6) is 0.684. The van der Waals surface area contributed by atoms with Gasteiger partial charge in [0.05, 0.1) is 12.1 Å². The SMILES string of the molecule is CN1CCOc2ccc(NC(=O)C3CCCCC3)cc2C1=O. The molecule has 0 radical (unpaired) electrons. The van der Waals surface area contributed by atoms with E-state index in [-0.39, 0.29) is 17.7 Å². The van der Waals surface area contributed by atoms with E-state index in [0.29, 0.717) is 30.2 Å². The van der Waals surface area contributed by atoms with Crippen LogP contribution in [-0.4, -0.2) is 36.9 Å². The van der Waals surface area contributed by atoms with Crippen molar-refractivity contribution in [3.8, 4) is 5.75 Å². The molecule has 1 aromatic rings. The van der Waals surface area contributed by atoms with Gasteiger partial charge in [0, 0.05) is 18.7 Å². The van der Waals surface area contributed by atoms with Gasteiger partial charge in [-0.2, -0.15) is 0 Å². The number of nitrogens with one attached hydrogen (secondary N) is 1. The second-order valence-electron chi connectivity index (χ2n) is 6.11. The van der Waals surface area contributed by atoms with Gasteiger partial charge in [-0.25, -0.2) is 0 Å². The number of carbonyl (C=O) groups excluding carboxylic acids is 2. The fourth-order valence-electron chi connectivity index (χ4n) is 3.11. The molecule has 0 spiro atoms. The smallest absolute Gasteiger partial charge is 0.257 e. The highest BCUT2D eigenvalue weighted by Crippen LogP contribution is 2.28. The highest BCUT2D eigenvalue weighted by Gasteiger charge is 2.24. The van der Waals surface area contributed by atoms with Crippen molar-refractivity contribution < 1.29 is 14.3 Å². The van der Waals surface area contributed by atoms with E-state index in [1.165, 1.54) is 6.42 Å². The first-order chi connectivity index (χ1) is 10.6. The van der Waals surface area contributed by atoms with Crippen molar-refractivity contribution in [1.82, 2.24) is 4.90 Å². The standard InChI is InChI=1S/C17H22N2O3/c1-19-9-10-22-15-8-7-13(11-14(15)17(19)21)18-16(20)12-5-3-2-4-6-12/h7-8,11-12H,2-6,9-10H2,1H3,(H,18,20). The summed E-state index contributed by atoms with van der Waals surface area (Å²) in [6.07, 6.45) is 5.39. The number of hydrogen-bond donors (Lipinski definition) is 1. The van der Waals surface area contributed by atoms with E-state index in [2.05, 4.69) is 5.32 Å². The van der Waals surface area contributed by atoms with Gasteiger partial charge in [-0.15, -0.1) is 0 Å². The lowest BCUT2D eigenvalue weighted by atomic mass is 9.88. The molecule has 1 fully saturated rings. The van der Waals surface area contributed by atoms with Crippen molar-refractivity contribution in [3.05, 3.63) is 23.8 Å². The number of hydrogen-bond acceptors (Lipinski definition) is 3. The molecule has 0 saturated heterocycles. The number of benzene rings is 1. The van der Waals surface area contributed by atoms with Crippen LogP contribution in [0.15, 0.2) is 18.2 Å². The Kier molecular flexibility index (Phi) is 4.32. The number of likely N-dealkylation sites (N-methyl/N-ethyl adjacent to an activating group) is 1. The van der Waals surface area contributed by atoms with E-state index in [1.54, 1.807) is 30.1 Å². The van der Waals surface area contributed by atoms with Crippen LogP contribution in [0.5, 0.6) is 5.75 Å². The minimum atomic E-state index is -0.0683. The van der Waals surface area contributed by atoms with Crippen LogP contribution in [0.3, 0.4) is 0 Å². The van der Waals surface area contributed by atoms with Crippen LogP contribution in [0.2, 0.25) is 0 Å². The first-order valence-electron chi connectivity index (χ1n) is 7.98. The molecule has 5 nitrogen and oxygen atoms in total. The zero-order valence-corrected chi connectivity index (χ0v) is 12.9. The molecule has 2 aliphatic rings. The van der Waals surface area contributed by atoms with Crippen LogP contribution in [0.25, 0.3) is 0 Å². The first kappa shape index (κ1) is 14.9. The molecule has 1 N–H and O–H groups in total. The first-order valence-corrected chi connectivity index (χ1v) is 7.98. The average molecular weight is 302 g/mol. The van der Waals surface area contributed by atoms with Gasteiger partial charge in [0.15, 0.2) is 0 Å². The van der Waals surface area contributed by atoms with Crippen molar-refractivity contribution in [2.75, 3.05) is 25.5 Å². The molecule has 0 bridgehead atoms. The Morgan fingerprint density at radius 1 is 1.27 bits per heavy atom. The maximum atomic E-state index is 12.3. The lowest BCUT2D eigenvalue weighted by Crippen LogP contribution is -2.28. The Labute approximate surface area is 130 Å². The number of fused-ring (bicyclic) bond motifs is 1. The quantitative estimate of drug-likeness (QED) is 0.913. The van der Waals surface area contributed by atoms with E-state index in [1.807, 2.05) is 0 Å². The maximum Gasteiger partial charge on any atom is 0.257 e. The zero-order chi connectivity index (χ0) is 15.5. The molecule has 2 amide bonds. The van der Waals surface area contributed by atoms with Crippen molar-refractivity contribution in [2.24, 2.45) is 5.92 Å². The molecule has 118 valence electrons. The summed E-state index contributed by atoms with van der Waals surface area (Å²) >= 11 is 0. The molecule has 1 aromatic carbocycles. The average Bonchev–Trinajstić information content (AvgIpc) is 2.68. The van der Waals surface area contributed by atoms with Crippen molar-refractivity contribution in [3.63, 3.8) is 0 Å². The van der Waals surface area contributed by atoms with Gasteiger partial charge in [-0.1, -0.05) is 19.3 Å². The Morgan fingerprint density at radius 2 is 2.05 bits per heavy atom. The van der Waals surface area contributed by atoms with Crippen molar-refractivity contribution in [1.29, 1.82) is 0 Å². The number of amides is 2. The predicted molar refractivity (Wildman–Crippen MR) is 84.1 cm³/mol. The third-order valence-electron chi connectivity index (χ3n) is 4.48. The Morgan fingerprint density at radius 3 is 2.82 bits per heavy atom. The second kappa shape index (κ2) is 6.38. The number of ether oxygens (including phenoxy) is 1. The normalized spacial score (nSPS) is 19.1. The van der Waals surface area contributed by atoms with Crippen LogP contribution in [0.4, 0.5) is 5.69 Å². The molecular formula is C17H22N2O3. The van der Waals surface area contributed by atoms with Crippen LogP contribution in [0, 0.1) is 5.92 Å². The van der Waals surface area contributed by atoms with Crippen LogP contribution < -0.4 is 10.1 Å². The van der Waals surface area contributed by atoms with Gasteiger partial charge in [0.2, 0.25) is 5.91 Å². The fourth-order valence-corrected chi connectivity index (χ4v) is 3.11. The van der Waals surface area contributed by atoms with E-state index < -0.39 is 0 Å². The lowest BCUT2D eigenvalue weighted by Gasteiger charge is -2.21. The lowest BCUT2D eigenvalue weighted by molar-refractivity contribution is -0.120. The van der Waals surface area contributed by atoms with Crippen molar-refractivity contribution in [2.45, 2.75) is 32.1 Å². The van der Waals surface area contributed by atoms with Gasteiger partial charge in [0.25, 0.3) is 5.91 Å². The van der Waals surface area contributed by atoms with Crippen LogP contribution >= 0.6 is 0 Å². The molecule has 1 aliphatic carbocycles. The summed E-state index contributed by atoms with van der Waals surface area (Å²) in [5.41, 5.74) is 1.18. The summed E-state index contributed by atoms with van der Waals surface area (Å²) in [5, 5.41) is 2.95. The summed E-state index contributed by atoms with van der Waals surface area (Å²) < 4.78 is 5.59. The summed E-state index contributed by atoms with van der Waals surface area (Å²) in [6, 6.07) is 5.29. The van der Waals surface area contributed by atoms with Gasteiger partial charge in [-0.3, -0.25) is 9.59 Å². The number of carbonyl (C=O) groups is 2. The molecule has 5 heteroatoms. The maximum absolute atomic E-state index is 12.3. The predicted octanol–water partition coefficient (Wildman–Crippen LogP) is 2.67. The Bertz CT molecular complexity index is 579. The van der Waals surface area contributed by atoms with Gasteiger partial charge >= 0.3 is 0 Å². The summed E-state index contributed by atoms with van der Waals surface area (Å²) in [4.78, 5) is 26.3. The molecule has 0 atom stereocenters. The van der Waals surface area contributed by atoms with Gasteiger partial charge in [-0.05, 0) is 31.0 Å². The highest BCUT2D eigenvalue weighted by molar-refractivity contribution is 6.00. The molecule has 22 heavy (non-hydrogen) atoms. The van der Waals surface area contributed by atoms with Crippen LogP contribution in [-0.2, 0) is 4.79 Å². The highest BCUT2D eigenvalue weighted by atomic mass is 16.5. The third kappa shape index (κ3) is 3.08. The molecule has 0 aromatic heterocycles. The fraction of sp³-hybridized carbons (Fsp3) is 0.529. The topological polar surface area (TPSA) is 58.6 Å². The largest absolute Gasteiger partial charge is 0.491 e. The van der Waals surface area contributed by atoms with Crippen LogP contribution in [0.1, 0.15) is 42.5 Å². The Hall–Kier alpha value is -2.04. The third-order valence-corrected chi connectivity index (χ3v) is 4.48. The van der Waals surface area contributed by atoms with Crippen molar-refractivity contribution >= 4 is 17.5 Å². The molecular weight excluding hydrogens is 280 g/mol. The van der Waals surface area contributed by atoms with Gasteiger partial charge < -0.3 is 15.0 Å². The molecule has 3 rings (SSSR count). The van der Waals surface area contributed by atoms with E-state index in [9.17, 15) is 9.59 Å². The minimum Gasteiger partial charge on any atom is -0.491 e. The van der Waals surface area contributed by atoms with E-state index >= 15 is 0 Å². The molecule has 0 unspecified atom stereocenters. The minimum absolute atomic E-state index is 0.0648. The zero-order valence-electron chi connectivity index (χ0n) is 12.9. The number of nitrogens with zero attached hydrogens (tertiary/aromatic N) is 1. The van der Waals surface area contributed by atoms with E-state index in [0.717, 1.165) is 25.7 Å². The second-order valence-corrected chi connectivity index (χ2v) is 6.11. The Balaban J connectivity index is 1.76. The summed E-state index contributed by atoms with van der Waals surface area (Å²) in [7, 11) is 1.76. The molecule has 1 aliphatic heterocycles. The molecule has 1 heterocycles.